The molecule has 0 aromatic rings. The third-order valence-corrected chi connectivity index (χ3v) is 0. The Kier molecular flexibility index (Phi) is 0.750. The van der Waals surface area contributed by atoms with Gasteiger partial charge in [-0.2, -0.15) is 0 Å². The molecule has 0 saturated heterocycles. The van der Waals surface area contributed by atoms with E-state index in [4.69, 9.17) is 1.37 Å². The fourth-order valence-corrected chi connectivity index (χ4v) is 0. The fraction of sp³-hybridized carbons (Fsp3) is 1.00. The van der Waals surface area contributed by atoms with E-state index < -0.39 is 0 Å². The summed E-state index contributed by atoms with van der Waals surface area (Å²) in [6.07, 6.45) is 0. The molecule has 0 heterocycles. The molecule has 0 spiro atoms. The lowest BCUT2D eigenvalue weighted by Crippen LogP contribution is -1.66. The van der Waals surface area contributed by atoms with Gasteiger partial charge in [-0.15, -0.1) is 0 Å². The predicted molar refractivity (Wildman–Crippen MR) is 20.5 cm³/mol. The van der Waals surface area contributed by atoms with Crippen molar-refractivity contribution in [3.8, 4) is 0 Å². The van der Waals surface area contributed by atoms with Crippen LogP contribution in [-0.4, -0.2) is 0 Å². The lowest BCUT2D eigenvalue weighted by molar-refractivity contribution is 0.737. The molecule has 0 aromatic heterocycles. The smallest absolute Gasteiger partial charge is 0.0233 e. The van der Waals surface area contributed by atoms with Crippen LogP contribution in [0.2, 0.25) is 0 Å². The first-order valence-corrected chi connectivity index (χ1v) is 1.56. The molecule has 0 nitrogen and oxygen atoms in total. The van der Waals surface area contributed by atoms with Crippen LogP contribution in [-0.2, 0) is 0 Å². The topological polar surface area (TPSA) is 0 Å². The summed E-state index contributed by atoms with van der Waals surface area (Å²) < 4.78 is 6.66. The molecule has 0 aromatic carbocycles. The molecule has 0 rings (SSSR count). The van der Waals surface area contributed by atoms with E-state index in [1.54, 1.807) is 0 Å². The van der Waals surface area contributed by atoms with Crippen molar-refractivity contribution in [3.63, 3.8) is 0 Å². The predicted octanol–water partition coefficient (Wildman–Crippen LogP) is 1.66. The summed E-state index contributed by atoms with van der Waals surface area (Å²) in [5.41, 5.74) is 0. The molecule has 0 bridgehead atoms. The van der Waals surface area contributed by atoms with Gasteiger partial charge < -0.3 is 0 Å². The summed E-state index contributed by atoms with van der Waals surface area (Å²) in [7, 11) is 0. The maximum Gasteiger partial charge on any atom is 0.0233 e. The van der Waals surface area contributed by atoms with Gasteiger partial charge >= 0.3 is 0 Å². The minimum Gasteiger partial charge on any atom is -0.0630 e. The van der Waals surface area contributed by atoms with Crippen LogP contribution in [0.15, 0.2) is 0 Å². The van der Waals surface area contributed by atoms with E-state index in [9.17, 15) is 0 Å². The Hall–Kier alpha value is 0. The van der Waals surface area contributed by atoms with Gasteiger partial charge in [0.2, 0.25) is 0 Å². The van der Waals surface area contributed by atoms with Crippen LogP contribution in [0.4, 0.5) is 0 Å². The van der Waals surface area contributed by atoms with Crippen LogP contribution in [0, 0.1) is 5.92 Å². The molecule has 0 unspecified atom stereocenters. The molecule has 0 fully saturated rings. The molecule has 0 aliphatic carbocycles. The minimum atomic E-state index is 0.551. The third kappa shape index (κ3) is 0. The Morgan fingerprint density at radius 3 is 2.00 bits per heavy atom. The highest BCUT2D eigenvalue weighted by Gasteiger charge is 1.68. The second-order valence-corrected chi connectivity index (χ2v) is 1.39. The van der Waals surface area contributed by atoms with Crippen LogP contribution in [0.1, 0.15) is 22.1 Å². The van der Waals surface area contributed by atoms with Crippen molar-refractivity contribution in [1.29, 1.82) is 0 Å². The molecule has 0 radical (unpaired) electrons. The van der Waals surface area contributed by atoms with Gasteiger partial charge in [-0.1, -0.05) is 20.7 Å². The second-order valence-electron chi connectivity index (χ2n) is 1.39. The first kappa shape index (κ1) is 2.25. The van der Waals surface area contributed by atoms with Crippen molar-refractivity contribution in [2.45, 2.75) is 20.7 Å². The van der Waals surface area contributed by atoms with Crippen molar-refractivity contribution in [2.24, 2.45) is 5.92 Å². The maximum atomic E-state index is 6.66. The van der Waals surface area contributed by atoms with Crippen LogP contribution >= 0.6 is 0 Å². The van der Waals surface area contributed by atoms with Gasteiger partial charge in [0.05, 0.1) is 0 Å². The summed E-state index contributed by atoms with van der Waals surface area (Å²) >= 11 is 0. The zero-order chi connectivity index (χ0) is 4.28. The SMILES string of the molecule is [2H]CC(C)C. The lowest BCUT2D eigenvalue weighted by atomic mass is 10.3. The monoisotopic (exact) mass is 59.1 g/mol. The summed E-state index contributed by atoms with van der Waals surface area (Å²) in [4.78, 5) is 0. The summed E-state index contributed by atoms with van der Waals surface area (Å²) in [6.45, 7) is 4.62. The van der Waals surface area contributed by atoms with Gasteiger partial charge in [0.15, 0.2) is 0 Å². The van der Waals surface area contributed by atoms with Crippen molar-refractivity contribution < 1.29 is 1.37 Å². The molecule has 0 amide bonds. The zero-order valence-corrected chi connectivity index (χ0v) is 3.28. The zero-order valence-electron chi connectivity index (χ0n) is 4.28. The van der Waals surface area contributed by atoms with Crippen molar-refractivity contribution in [1.82, 2.24) is 0 Å². The Balaban J connectivity index is 2.54. The summed E-state index contributed by atoms with van der Waals surface area (Å²) in [5.74, 6) is 0.551. The van der Waals surface area contributed by atoms with E-state index in [0.717, 1.165) is 0 Å². The van der Waals surface area contributed by atoms with E-state index in [-0.39, 0.29) is 0 Å². The Morgan fingerprint density at radius 2 is 2.00 bits per heavy atom. The van der Waals surface area contributed by atoms with Crippen LogP contribution in [0.3, 0.4) is 0 Å². The normalized spacial score (nSPS) is 12.2. The van der Waals surface area contributed by atoms with E-state index in [0.29, 0.717) is 12.8 Å². The standard InChI is InChI=1S/C4H10/c1-4(2)3/h4H,1-3H3/i1D. The van der Waals surface area contributed by atoms with Crippen LogP contribution in [0.25, 0.3) is 0 Å². The molecule has 0 N–H and O–H groups in total. The molecule has 4 heavy (non-hydrogen) atoms. The summed E-state index contributed by atoms with van der Waals surface area (Å²) in [6, 6.07) is 0. The quantitative estimate of drug-likeness (QED) is 0.398. The van der Waals surface area contributed by atoms with E-state index in [2.05, 4.69) is 0 Å². The average molecular weight is 59.1 g/mol. The van der Waals surface area contributed by atoms with Gasteiger partial charge in [0, 0.05) is 1.37 Å². The average Bonchev–Trinajstić information content (AvgIpc) is 1.38. The van der Waals surface area contributed by atoms with Crippen molar-refractivity contribution >= 4 is 0 Å². The molecule has 0 aliphatic heterocycles. The van der Waals surface area contributed by atoms with Gasteiger partial charge in [0.1, 0.15) is 0 Å². The number of rotatable bonds is 0. The first-order valence-electron chi connectivity index (χ1n) is 2.27. The van der Waals surface area contributed by atoms with E-state index in [1.165, 1.54) is 0 Å². The van der Waals surface area contributed by atoms with Crippen LogP contribution in [0.5, 0.6) is 0 Å². The highest BCUT2D eigenvalue weighted by atomic mass is 13.7. The van der Waals surface area contributed by atoms with Gasteiger partial charge in [-0.05, 0) is 5.92 Å². The largest absolute Gasteiger partial charge is 0.0630 e. The van der Waals surface area contributed by atoms with E-state index >= 15 is 0 Å². The number of hydrogen-bond donors (Lipinski definition) is 0. The molecule has 26 valence electrons. The molecule has 0 aliphatic rings. The molecule has 0 heteroatoms. The van der Waals surface area contributed by atoms with E-state index in [1.807, 2.05) is 13.8 Å². The minimum absolute atomic E-state index is 0.551. The first-order chi connectivity index (χ1) is 2.27. The van der Waals surface area contributed by atoms with Gasteiger partial charge in [0.25, 0.3) is 0 Å². The lowest BCUT2D eigenvalue weighted by Gasteiger charge is -1.79. The van der Waals surface area contributed by atoms with Crippen LogP contribution < -0.4 is 0 Å². The Morgan fingerprint density at radius 1 is 1.75 bits per heavy atom. The summed E-state index contributed by atoms with van der Waals surface area (Å²) in [5, 5.41) is 0. The Bertz CT molecular complexity index is 17.6. The fourth-order valence-electron chi connectivity index (χ4n) is 0. The molecule has 0 saturated carbocycles. The van der Waals surface area contributed by atoms with Gasteiger partial charge in [-0.25, -0.2) is 0 Å². The highest BCUT2D eigenvalue weighted by Crippen LogP contribution is 1.81. The number of hydrogen-bond acceptors (Lipinski definition) is 0. The van der Waals surface area contributed by atoms with Gasteiger partial charge in [-0.3, -0.25) is 0 Å². The molecular weight excluding hydrogens is 48.0 g/mol. The second kappa shape index (κ2) is 1.33. The molecular formula is C4H10. The highest BCUT2D eigenvalue weighted by molar-refractivity contribution is 4.20. The van der Waals surface area contributed by atoms with Crippen molar-refractivity contribution in [2.75, 3.05) is 0 Å². The molecule has 0 atom stereocenters. The Labute approximate surface area is 29.2 Å². The maximum absolute atomic E-state index is 6.66. The van der Waals surface area contributed by atoms with Crippen molar-refractivity contribution in [3.05, 3.63) is 0 Å². The third-order valence-electron chi connectivity index (χ3n) is 0.